The maximum atomic E-state index is 11.4. The van der Waals surface area contributed by atoms with Gasteiger partial charge in [0.2, 0.25) is 0 Å². The van der Waals surface area contributed by atoms with E-state index in [0.29, 0.717) is 26.2 Å². The van der Waals surface area contributed by atoms with Crippen molar-refractivity contribution in [3.63, 3.8) is 0 Å². The maximum absolute atomic E-state index is 11.4. The molecule has 0 aromatic heterocycles. The molecule has 0 unspecified atom stereocenters. The molecule has 0 saturated carbocycles. The molecule has 20 heavy (non-hydrogen) atoms. The van der Waals surface area contributed by atoms with E-state index in [1.165, 1.54) is 12.8 Å². The van der Waals surface area contributed by atoms with Crippen molar-refractivity contribution in [2.75, 3.05) is 26.4 Å². The monoisotopic (exact) mass is 288 g/mol. The third-order valence-corrected chi connectivity index (χ3v) is 2.72. The van der Waals surface area contributed by atoms with E-state index in [-0.39, 0.29) is 31.4 Å². The van der Waals surface area contributed by atoms with Crippen LogP contribution in [0.2, 0.25) is 0 Å². The van der Waals surface area contributed by atoms with Crippen LogP contribution in [0, 0.1) is 0 Å². The minimum atomic E-state index is -0.291. The highest BCUT2D eigenvalue weighted by Crippen LogP contribution is 2.03. The Kier molecular flexibility index (Phi) is 13.5. The minimum Gasteiger partial charge on any atom is -0.466 e. The number of hydrogen-bond donors (Lipinski definition) is 0. The second-order valence-electron chi connectivity index (χ2n) is 4.55. The van der Waals surface area contributed by atoms with E-state index < -0.39 is 0 Å². The van der Waals surface area contributed by atoms with Gasteiger partial charge < -0.3 is 14.2 Å². The number of ether oxygens (including phenoxy) is 3. The first-order valence-electron chi connectivity index (χ1n) is 7.59. The second-order valence-corrected chi connectivity index (χ2v) is 4.55. The third kappa shape index (κ3) is 13.3. The summed E-state index contributed by atoms with van der Waals surface area (Å²) in [6.45, 7) is 5.81. The molecule has 0 aliphatic heterocycles. The fraction of sp³-hybridized carbons (Fsp3) is 0.867. The van der Waals surface area contributed by atoms with Gasteiger partial charge in [-0.15, -0.1) is 0 Å². The highest BCUT2D eigenvalue weighted by molar-refractivity contribution is 5.72. The number of carbonyl (C=O) groups excluding carboxylic acids is 2. The van der Waals surface area contributed by atoms with Gasteiger partial charge in [0.15, 0.2) is 0 Å². The van der Waals surface area contributed by atoms with Crippen molar-refractivity contribution in [3.05, 3.63) is 0 Å². The summed E-state index contributed by atoms with van der Waals surface area (Å²) in [4.78, 5) is 22.7. The van der Waals surface area contributed by atoms with Crippen LogP contribution < -0.4 is 0 Å². The molecule has 0 saturated heterocycles. The Morgan fingerprint density at radius 3 is 2.00 bits per heavy atom. The highest BCUT2D eigenvalue weighted by atomic mass is 16.6. The molecule has 0 bridgehead atoms. The van der Waals surface area contributed by atoms with Gasteiger partial charge in [-0.1, -0.05) is 26.2 Å². The van der Waals surface area contributed by atoms with Crippen LogP contribution in [0.5, 0.6) is 0 Å². The van der Waals surface area contributed by atoms with E-state index in [9.17, 15) is 9.59 Å². The molecule has 0 heterocycles. The Bertz CT molecular complexity index is 253. The summed E-state index contributed by atoms with van der Waals surface area (Å²) >= 11 is 0. The van der Waals surface area contributed by atoms with E-state index in [1.807, 2.05) is 6.92 Å². The van der Waals surface area contributed by atoms with E-state index in [1.54, 1.807) is 0 Å². The summed E-state index contributed by atoms with van der Waals surface area (Å²) in [7, 11) is 0. The fourth-order valence-electron chi connectivity index (χ4n) is 1.60. The third-order valence-electron chi connectivity index (χ3n) is 2.72. The Morgan fingerprint density at radius 1 is 0.750 bits per heavy atom. The second kappa shape index (κ2) is 14.3. The first-order valence-corrected chi connectivity index (χ1v) is 7.59. The molecule has 0 radical (unpaired) electrons. The number of hydrogen-bond acceptors (Lipinski definition) is 5. The Balaban J connectivity index is 3.35. The van der Waals surface area contributed by atoms with E-state index in [4.69, 9.17) is 14.2 Å². The average Bonchev–Trinajstić information content (AvgIpc) is 2.43. The van der Waals surface area contributed by atoms with Crippen molar-refractivity contribution in [1.82, 2.24) is 0 Å². The lowest BCUT2D eigenvalue weighted by Gasteiger charge is -2.05. The standard InChI is InChI=1S/C15H28O5/c1-3-5-6-7-11-19-14(16)9-8-10-15(17)20-13-12-18-4-2/h3-13H2,1-2H3. The molecule has 5 heteroatoms. The van der Waals surface area contributed by atoms with E-state index in [0.717, 1.165) is 12.8 Å². The van der Waals surface area contributed by atoms with Gasteiger partial charge in [-0.3, -0.25) is 9.59 Å². The van der Waals surface area contributed by atoms with Crippen LogP contribution >= 0.6 is 0 Å². The Morgan fingerprint density at radius 2 is 1.40 bits per heavy atom. The van der Waals surface area contributed by atoms with Crippen molar-refractivity contribution in [2.24, 2.45) is 0 Å². The average molecular weight is 288 g/mol. The molecule has 0 aliphatic carbocycles. The molecular weight excluding hydrogens is 260 g/mol. The van der Waals surface area contributed by atoms with Crippen LogP contribution in [0.25, 0.3) is 0 Å². The van der Waals surface area contributed by atoms with Crippen LogP contribution in [0.1, 0.15) is 58.8 Å². The molecule has 5 nitrogen and oxygen atoms in total. The van der Waals surface area contributed by atoms with Gasteiger partial charge >= 0.3 is 11.9 Å². The molecule has 0 spiro atoms. The molecule has 118 valence electrons. The topological polar surface area (TPSA) is 61.8 Å². The summed E-state index contributed by atoms with van der Waals surface area (Å²) in [5, 5.41) is 0. The Hall–Kier alpha value is -1.10. The highest BCUT2D eigenvalue weighted by Gasteiger charge is 2.07. The predicted octanol–water partition coefficient (Wildman–Crippen LogP) is 2.86. The lowest BCUT2D eigenvalue weighted by molar-refractivity contribution is -0.146. The molecule has 0 aromatic rings. The predicted molar refractivity (Wildman–Crippen MR) is 76.4 cm³/mol. The first kappa shape index (κ1) is 18.9. The largest absolute Gasteiger partial charge is 0.466 e. The summed E-state index contributed by atoms with van der Waals surface area (Å²) in [5.74, 6) is -0.524. The van der Waals surface area contributed by atoms with Gasteiger partial charge in [0.1, 0.15) is 6.61 Å². The van der Waals surface area contributed by atoms with Crippen molar-refractivity contribution >= 4 is 11.9 Å². The first-order chi connectivity index (χ1) is 9.70. The molecule has 0 aliphatic rings. The minimum absolute atomic E-state index is 0.233. The summed E-state index contributed by atoms with van der Waals surface area (Å²) in [5.41, 5.74) is 0. The van der Waals surface area contributed by atoms with Crippen LogP contribution in [-0.4, -0.2) is 38.4 Å². The maximum Gasteiger partial charge on any atom is 0.305 e. The van der Waals surface area contributed by atoms with Gasteiger partial charge in [0, 0.05) is 19.4 Å². The number of unbranched alkanes of at least 4 members (excludes halogenated alkanes) is 3. The van der Waals surface area contributed by atoms with Crippen LogP contribution in [0.3, 0.4) is 0 Å². The van der Waals surface area contributed by atoms with Crippen LogP contribution in [0.4, 0.5) is 0 Å². The zero-order chi connectivity index (χ0) is 15.1. The van der Waals surface area contributed by atoms with Crippen molar-refractivity contribution < 1.29 is 23.8 Å². The SMILES string of the molecule is CCCCCCOC(=O)CCCC(=O)OCCOCC. The molecule has 0 aromatic carbocycles. The van der Waals surface area contributed by atoms with E-state index >= 15 is 0 Å². The summed E-state index contributed by atoms with van der Waals surface area (Å²) in [6.07, 6.45) is 5.34. The summed E-state index contributed by atoms with van der Waals surface area (Å²) < 4.78 is 15.1. The lowest BCUT2D eigenvalue weighted by atomic mass is 10.2. The van der Waals surface area contributed by atoms with E-state index in [2.05, 4.69) is 6.92 Å². The summed E-state index contributed by atoms with van der Waals surface area (Å²) in [6, 6.07) is 0. The normalized spacial score (nSPS) is 10.3. The molecule has 0 amide bonds. The molecule has 0 rings (SSSR count). The van der Waals surface area contributed by atoms with Crippen molar-refractivity contribution in [2.45, 2.75) is 58.8 Å². The zero-order valence-electron chi connectivity index (χ0n) is 12.8. The van der Waals surface area contributed by atoms with Gasteiger partial charge in [-0.2, -0.15) is 0 Å². The van der Waals surface area contributed by atoms with Crippen molar-refractivity contribution in [1.29, 1.82) is 0 Å². The van der Waals surface area contributed by atoms with Crippen LogP contribution in [-0.2, 0) is 23.8 Å². The van der Waals surface area contributed by atoms with Crippen molar-refractivity contribution in [3.8, 4) is 0 Å². The number of rotatable bonds is 13. The smallest absolute Gasteiger partial charge is 0.305 e. The Labute approximate surface area is 122 Å². The molecule has 0 fully saturated rings. The van der Waals surface area contributed by atoms with Gasteiger partial charge in [-0.05, 0) is 19.8 Å². The lowest BCUT2D eigenvalue weighted by Crippen LogP contribution is -2.11. The number of esters is 2. The number of carbonyl (C=O) groups is 2. The molecule has 0 atom stereocenters. The quantitative estimate of drug-likeness (QED) is 0.385. The van der Waals surface area contributed by atoms with Crippen LogP contribution in [0.15, 0.2) is 0 Å². The van der Waals surface area contributed by atoms with Gasteiger partial charge in [0.25, 0.3) is 0 Å². The van der Waals surface area contributed by atoms with Gasteiger partial charge in [0.05, 0.1) is 13.2 Å². The zero-order valence-corrected chi connectivity index (χ0v) is 12.8. The fourth-order valence-corrected chi connectivity index (χ4v) is 1.60. The molecular formula is C15H28O5. The van der Waals surface area contributed by atoms with Gasteiger partial charge in [-0.25, -0.2) is 0 Å². The molecule has 0 N–H and O–H groups in total.